The fourth-order valence-corrected chi connectivity index (χ4v) is 3.20. The van der Waals surface area contributed by atoms with Crippen LogP contribution < -0.4 is 20.1 Å². The SMILES string of the molecule is COc1ccc(OCCCC(=O)Nc2ccccc2C(=O)NC[C@@H]2CCCO2)cc1. The molecule has 0 unspecified atom stereocenters. The first-order chi connectivity index (χ1) is 14.7. The number of hydrogen-bond donors (Lipinski definition) is 2. The van der Waals surface area contributed by atoms with E-state index in [1.807, 2.05) is 24.3 Å². The van der Waals surface area contributed by atoms with Gasteiger partial charge in [-0.1, -0.05) is 12.1 Å². The molecule has 7 nitrogen and oxygen atoms in total. The zero-order valence-corrected chi connectivity index (χ0v) is 17.2. The molecule has 0 bridgehead atoms. The highest BCUT2D eigenvalue weighted by Crippen LogP contribution is 2.18. The van der Waals surface area contributed by atoms with Gasteiger partial charge in [-0.2, -0.15) is 0 Å². The minimum Gasteiger partial charge on any atom is -0.497 e. The summed E-state index contributed by atoms with van der Waals surface area (Å²) in [6.45, 7) is 1.64. The predicted molar refractivity (Wildman–Crippen MR) is 114 cm³/mol. The highest BCUT2D eigenvalue weighted by Gasteiger charge is 2.18. The number of hydrogen-bond acceptors (Lipinski definition) is 5. The molecule has 2 aromatic carbocycles. The molecule has 1 atom stereocenters. The molecular formula is C23H28N2O5. The Morgan fingerprint density at radius 2 is 1.87 bits per heavy atom. The van der Waals surface area contributed by atoms with Crippen LogP contribution in [0.3, 0.4) is 0 Å². The number of amides is 2. The Balaban J connectivity index is 1.43. The van der Waals surface area contributed by atoms with Crippen LogP contribution in [0.4, 0.5) is 5.69 Å². The zero-order valence-electron chi connectivity index (χ0n) is 17.2. The number of carbonyl (C=O) groups is 2. The molecule has 30 heavy (non-hydrogen) atoms. The van der Waals surface area contributed by atoms with Crippen molar-refractivity contribution in [1.82, 2.24) is 5.32 Å². The van der Waals surface area contributed by atoms with Gasteiger partial charge in [0.25, 0.3) is 5.91 Å². The lowest BCUT2D eigenvalue weighted by atomic mass is 10.1. The number of rotatable bonds is 10. The van der Waals surface area contributed by atoms with Crippen LogP contribution in [0.5, 0.6) is 11.5 Å². The van der Waals surface area contributed by atoms with Gasteiger partial charge in [0.05, 0.1) is 31.1 Å². The van der Waals surface area contributed by atoms with Gasteiger partial charge in [0.15, 0.2) is 0 Å². The fraction of sp³-hybridized carbons (Fsp3) is 0.391. The van der Waals surface area contributed by atoms with Gasteiger partial charge in [-0.15, -0.1) is 0 Å². The van der Waals surface area contributed by atoms with E-state index >= 15 is 0 Å². The van der Waals surface area contributed by atoms with Crippen molar-refractivity contribution in [1.29, 1.82) is 0 Å². The third-order valence-corrected chi connectivity index (χ3v) is 4.84. The Morgan fingerprint density at radius 1 is 1.10 bits per heavy atom. The predicted octanol–water partition coefficient (Wildman–Crippen LogP) is 3.40. The number of ether oxygens (including phenoxy) is 3. The van der Waals surface area contributed by atoms with Crippen LogP contribution in [0.2, 0.25) is 0 Å². The standard InChI is InChI=1S/C23H28N2O5/c1-28-17-10-12-18(13-11-17)29-15-5-9-22(26)25-21-8-3-2-7-20(21)23(27)24-16-19-6-4-14-30-19/h2-3,7-8,10-13,19H,4-6,9,14-16H2,1H3,(H,24,27)(H,25,26)/t19-/m0/s1. The van der Waals surface area contributed by atoms with Crippen LogP contribution in [0.15, 0.2) is 48.5 Å². The lowest BCUT2D eigenvalue weighted by Gasteiger charge is -2.14. The van der Waals surface area contributed by atoms with E-state index in [-0.39, 0.29) is 17.9 Å². The number of methoxy groups -OCH3 is 1. The Bertz CT molecular complexity index is 832. The maximum Gasteiger partial charge on any atom is 0.253 e. The van der Waals surface area contributed by atoms with Crippen LogP contribution in [0, 0.1) is 0 Å². The summed E-state index contributed by atoms with van der Waals surface area (Å²) in [5.74, 6) is 1.11. The van der Waals surface area contributed by atoms with Crippen molar-refractivity contribution in [2.45, 2.75) is 31.8 Å². The molecule has 1 saturated heterocycles. The molecule has 3 rings (SSSR count). The van der Waals surface area contributed by atoms with Gasteiger partial charge in [-0.3, -0.25) is 9.59 Å². The summed E-state index contributed by atoms with van der Waals surface area (Å²) in [6, 6.07) is 14.3. The van der Waals surface area contributed by atoms with Gasteiger partial charge in [-0.25, -0.2) is 0 Å². The Morgan fingerprint density at radius 3 is 2.60 bits per heavy atom. The Kier molecular flexibility index (Phi) is 8.09. The van der Waals surface area contributed by atoms with Gasteiger partial charge >= 0.3 is 0 Å². The molecule has 160 valence electrons. The maximum absolute atomic E-state index is 12.5. The molecule has 1 fully saturated rings. The first-order valence-corrected chi connectivity index (χ1v) is 10.2. The van der Waals surface area contributed by atoms with E-state index in [1.165, 1.54) is 0 Å². The summed E-state index contributed by atoms with van der Waals surface area (Å²) < 4.78 is 16.3. The highest BCUT2D eigenvalue weighted by atomic mass is 16.5. The minimum absolute atomic E-state index is 0.0707. The van der Waals surface area contributed by atoms with E-state index in [1.54, 1.807) is 31.4 Å². The van der Waals surface area contributed by atoms with E-state index in [9.17, 15) is 9.59 Å². The minimum atomic E-state index is -0.218. The summed E-state index contributed by atoms with van der Waals surface area (Å²) in [6.07, 6.45) is 2.90. The Labute approximate surface area is 176 Å². The third-order valence-electron chi connectivity index (χ3n) is 4.84. The molecule has 0 aliphatic carbocycles. The molecule has 7 heteroatoms. The average Bonchev–Trinajstić information content (AvgIpc) is 3.29. The average molecular weight is 412 g/mol. The van der Waals surface area contributed by atoms with E-state index in [4.69, 9.17) is 14.2 Å². The quantitative estimate of drug-likeness (QED) is 0.584. The molecule has 2 amide bonds. The summed E-state index contributed by atoms with van der Waals surface area (Å²) in [5, 5.41) is 5.72. The number of benzene rings is 2. The summed E-state index contributed by atoms with van der Waals surface area (Å²) in [7, 11) is 1.61. The molecular weight excluding hydrogens is 384 g/mol. The lowest BCUT2D eigenvalue weighted by Crippen LogP contribution is -2.32. The second-order valence-electron chi connectivity index (χ2n) is 7.07. The van der Waals surface area contributed by atoms with Crippen molar-refractivity contribution in [2.75, 3.05) is 32.2 Å². The first kappa shape index (κ1) is 21.6. The van der Waals surface area contributed by atoms with Crippen LogP contribution in [-0.2, 0) is 9.53 Å². The van der Waals surface area contributed by atoms with Crippen LogP contribution in [0.1, 0.15) is 36.0 Å². The van der Waals surface area contributed by atoms with Crippen LogP contribution in [-0.4, -0.2) is 44.8 Å². The number of para-hydroxylation sites is 1. The molecule has 1 aliphatic rings. The topological polar surface area (TPSA) is 85.9 Å². The fourth-order valence-electron chi connectivity index (χ4n) is 3.20. The van der Waals surface area contributed by atoms with Crippen molar-refractivity contribution in [2.24, 2.45) is 0 Å². The summed E-state index contributed by atoms with van der Waals surface area (Å²) in [4.78, 5) is 24.8. The van der Waals surface area contributed by atoms with Gasteiger partial charge in [0, 0.05) is 19.6 Å². The molecule has 0 aromatic heterocycles. The van der Waals surface area contributed by atoms with Crippen molar-refractivity contribution in [3.63, 3.8) is 0 Å². The Hall–Kier alpha value is -3.06. The monoisotopic (exact) mass is 412 g/mol. The zero-order chi connectivity index (χ0) is 21.2. The second kappa shape index (κ2) is 11.2. The van der Waals surface area contributed by atoms with E-state index in [0.29, 0.717) is 37.2 Å². The normalized spacial score (nSPS) is 15.4. The first-order valence-electron chi connectivity index (χ1n) is 10.2. The van der Waals surface area contributed by atoms with Gasteiger partial charge in [0.1, 0.15) is 11.5 Å². The molecule has 0 spiro atoms. The molecule has 2 N–H and O–H groups in total. The molecule has 0 radical (unpaired) electrons. The van der Waals surface area contributed by atoms with E-state index in [2.05, 4.69) is 10.6 Å². The maximum atomic E-state index is 12.5. The molecule has 2 aromatic rings. The third kappa shape index (κ3) is 6.49. The number of carbonyl (C=O) groups excluding carboxylic acids is 2. The second-order valence-corrected chi connectivity index (χ2v) is 7.07. The number of nitrogens with one attached hydrogen (secondary N) is 2. The van der Waals surface area contributed by atoms with Crippen molar-refractivity contribution in [3.05, 3.63) is 54.1 Å². The largest absolute Gasteiger partial charge is 0.497 e. The van der Waals surface area contributed by atoms with E-state index < -0.39 is 0 Å². The lowest BCUT2D eigenvalue weighted by molar-refractivity contribution is -0.116. The van der Waals surface area contributed by atoms with Crippen molar-refractivity contribution in [3.8, 4) is 11.5 Å². The molecule has 0 saturated carbocycles. The summed E-state index contributed by atoms with van der Waals surface area (Å²) in [5.41, 5.74) is 0.946. The van der Waals surface area contributed by atoms with Gasteiger partial charge < -0.3 is 24.8 Å². The van der Waals surface area contributed by atoms with Gasteiger partial charge in [-0.05, 0) is 55.7 Å². The number of anilines is 1. The van der Waals surface area contributed by atoms with E-state index in [0.717, 1.165) is 30.9 Å². The smallest absolute Gasteiger partial charge is 0.253 e. The van der Waals surface area contributed by atoms with Crippen molar-refractivity contribution < 1.29 is 23.8 Å². The summed E-state index contributed by atoms with van der Waals surface area (Å²) >= 11 is 0. The molecule has 1 heterocycles. The van der Waals surface area contributed by atoms with Crippen LogP contribution in [0.25, 0.3) is 0 Å². The van der Waals surface area contributed by atoms with Crippen molar-refractivity contribution >= 4 is 17.5 Å². The van der Waals surface area contributed by atoms with Gasteiger partial charge in [0.2, 0.25) is 5.91 Å². The molecule has 1 aliphatic heterocycles. The highest BCUT2D eigenvalue weighted by molar-refractivity contribution is 6.03. The van der Waals surface area contributed by atoms with Crippen LogP contribution >= 0.6 is 0 Å².